The maximum absolute atomic E-state index is 5.27. The summed E-state index contributed by atoms with van der Waals surface area (Å²) in [5.74, 6) is 0.950. The third-order valence-electron chi connectivity index (χ3n) is 4.76. The van der Waals surface area contributed by atoms with E-state index in [9.17, 15) is 0 Å². The Kier molecular flexibility index (Phi) is 4.45. The molecule has 0 radical (unpaired) electrons. The number of nitrogens with zero attached hydrogens (tertiary/aromatic N) is 1. The number of hydrogen-bond acceptors (Lipinski definition) is 3. The van der Waals surface area contributed by atoms with Gasteiger partial charge in [0.05, 0.1) is 6.61 Å². The molecule has 0 spiro atoms. The molecular formula is C14H28N2O. The third kappa shape index (κ3) is 3.01. The van der Waals surface area contributed by atoms with Gasteiger partial charge in [-0.2, -0.15) is 0 Å². The smallest absolute Gasteiger partial charge is 0.0589 e. The molecular weight excluding hydrogens is 212 g/mol. The van der Waals surface area contributed by atoms with Gasteiger partial charge in [0.2, 0.25) is 0 Å². The van der Waals surface area contributed by atoms with E-state index < -0.39 is 0 Å². The zero-order valence-corrected chi connectivity index (χ0v) is 11.7. The second-order valence-corrected chi connectivity index (χ2v) is 5.74. The highest BCUT2D eigenvalue weighted by molar-refractivity contribution is 5.01. The highest BCUT2D eigenvalue weighted by Crippen LogP contribution is 2.38. The minimum absolute atomic E-state index is 0.346. The summed E-state index contributed by atoms with van der Waals surface area (Å²) in [5.41, 5.74) is 0.346. The fourth-order valence-corrected chi connectivity index (χ4v) is 3.13. The van der Waals surface area contributed by atoms with Crippen molar-refractivity contribution in [2.45, 2.75) is 51.1 Å². The molecule has 0 bridgehead atoms. The lowest BCUT2D eigenvalue weighted by atomic mass is 9.87. The standard InChI is InChI=1S/C14H28N2O/c1-4-14(5-2)11-16(8-9-17-3)13(10-15-14)12-6-7-12/h12-13,15H,4-11H2,1-3H3. The normalized spacial score (nSPS) is 29.5. The zero-order valence-electron chi connectivity index (χ0n) is 11.7. The van der Waals surface area contributed by atoms with Crippen molar-refractivity contribution >= 4 is 0 Å². The first kappa shape index (κ1) is 13.3. The summed E-state index contributed by atoms with van der Waals surface area (Å²) in [7, 11) is 1.81. The molecule has 17 heavy (non-hydrogen) atoms. The first-order valence-electron chi connectivity index (χ1n) is 7.22. The molecule has 0 amide bonds. The molecule has 0 aromatic carbocycles. The highest BCUT2D eigenvalue weighted by Gasteiger charge is 2.42. The van der Waals surface area contributed by atoms with Gasteiger partial charge >= 0.3 is 0 Å². The largest absolute Gasteiger partial charge is 0.383 e. The lowest BCUT2D eigenvalue weighted by Crippen LogP contribution is -2.64. The molecule has 1 aliphatic carbocycles. The van der Waals surface area contributed by atoms with Crippen LogP contribution < -0.4 is 5.32 Å². The van der Waals surface area contributed by atoms with Crippen LogP contribution in [0.3, 0.4) is 0 Å². The first-order chi connectivity index (χ1) is 8.24. The lowest BCUT2D eigenvalue weighted by molar-refractivity contribution is 0.0401. The van der Waals surface area contributed by atoms with Crippen LogP contribution in [-0.4, -0.2) is 49.8 Å². The van der Waals surface area contributed by atoms with Gasteiger partial charge in [0.1, 0.15) is 0 Å². The predicted octanol–water partition coefficient (Wildman–Crippen LogP) is 1.88. The summed E-state index contributed by atoms with van der Waals surface area (Å²) in [6, 6.07) is 0.761. The maximum atomic E-state index is 5.27. The highest BCUT2D eigenvalue weighted by atomic mass is 16.5. The Morgan fingerprint density at radius 3 is 2.53 bits per heavy atom. The molecule has 1 atom stereocenters. The topological polar surface area (TPSA) is 24.5 Å². The molecule has 1 aliphatic heterocycles. The van der Waals surface area contributed by atoms with E-state index in [-0.39, 0.29) is 0 Å². The first-order valence-corrected chi connectivity index (χ1v) is 7.22. The predicted molar refractivity (Wildman–Crippen MR) is 71.3 cm³/mol. The van der Waals surface area contributed by atoms with Gasteiger partial charge in [-0.15, -0.1) is 0 Å². The van der Waals surface area contributed by atoms with Gasteiger partial charge < -0.3 is 10.1 Å². The van der Waals surface area contributed by atoms with E-state index in [0.29, 0.717) is 5.54 Å². The molecule has 1 unspecified atom stereocenters. The molecule has 1 heterocycles. The monoisotopic (exact) mass is 240 g/mol. The van der Waals surface area contributed by atoms with Crippen molar-refractivity contribution in [1.82, 2.24) is 10.2 Å². The summed E-state index contributed by atoms with van der Waals surface area (Å²) in [5, 5.41) is 3.83. The summed E-state index contributed by atoms with van der Waals surface area (Å²) in [6.45, 7) is 8.96. The minimum Gasteiger partial charge on any atom is -0.383 e. The summed E-state index contributed by atoms with van der Waals surface area (Å²) >= 11 is 0. The van der Waals surface area contributed by atoms with Gasteiger partial charge in [-0.25, -0.2) is 0 Å². The van der Waals surface area contributed by atoms with E-state index in [1.807, 2.05) is 0 Å². The molecule has 0 aromatic heterocycles. The van der Waals surface area contributed by atoms with E-state index in [4.69, 9.17) is 4.74 Å². The lowest BCUT2D eigenvalue weighted by Gasteiger charge is -2.47. The number of rotatable bonds is 6. The molecule has 1 saturated carbocycles. The van der Waals surface area contributed by atoms with E-state index in [1.165, 1.54) is 38.8 Å². The Bertz CT molecular complexity index is 236. The van der Waals surface area contributed by atoms with Crippen LogP contribution in [0.4, 0.5) is 0 Å². The summed E-state index contributed by atoms with van der Waals surface area (Å²) < 4.78 is 5.27. The molecule has 100 valence electrons. The van der Waals surface area contributed by atoms with Gasteiger partial charge in [-0.05, 0) is 31.6 Å². The molecule has 3 heteroatoms. The Balaban J connectivity index is 1.98. The SMILES string of the molecule is CCC1(CC)CN(CCOC)C(C2CC2)CN1. The van der Waals surface area contributed by atoms with Crippen molar-refractivity contribution in [1.29, 1.82) is 0 Å². The van der Waals surface area contributed by atoms with Crippen LogP contribution in [0.2, 0.25) is 0 Å². The number of ether oxygens (including phenoxy) is 1. The Morgan fingerprint density at radius 1 is 1.29 bits per heavy atom. The summed E-state index contributed by atoms with van der Waals surface area (Å²) in [6.07, 6.45) is 5.32. The van der Waals surface area contributed by atoms with Crippen LogP contribution in [0, 0.1) is 5.92 Å². The average Bonchev–Trinajstić information content (AvgIpc) is 3.20. The van der Waals surface area contributed by atoms with Crippen molar-refractivity contribution < 1.29 is 4.74 Å². The Hall–Kier alpha value is -0.120. The minimum atomic E-state index is 0.346. The van der Waals surface area contributed by atoms with Gasteiger partial charge in [0.15, 0.2) is 0 Å². The quantitative estimate of drug-likeness (QED) is 0.767. The zero-order chi connectivity index (χ0) is 12.3. The van der Waals surface area contributed by atoms with Crippen LogP contribution in [-0.2, 0) is 4.74 Å². The molecule has 0 aromatic rings. The van der Waals surface area contributed by atoms with Crippen molar-refractivity contribution in [2.75, 3.05) is 33.4 Å². The fourth-order valence-electron chi connectivity index (χ4n) is 3.13. The number of hydrogen-bond donors (Lipinski definition) is 1. The fraction of sp³-hybridized carbons (Fsp3) is 1.00. The van der Waals surface area contributed by atoms with Gasteiger partial charge in [0.25, 0.3) is 0 Å². The molecule has 1 saturated heterocycles. The Morgan fingerprint density at radius 2 is 2.00 bits per heavy atom. The van der Waals surface area contributed by atoms with Gasteiger partial charge in [0, 0.05) is 38.3 Å². The van der Waals surface area contributed by atoms with Crippen molar-refractivity contribution in [3.63, 3.8) is 0 Å². The van der Waals surface area contributed by atoms with Crippen LogP contribution in [0.1, 0.15) is 39.5 Å². The van der Waals surface area contributed by atoms with Gasteiger partial charge in [-0.3, -0.25) is 4.90 Å². The second-order valence-electron chi connectivity index (χ2n) is 5.74. The van der Waals surface area contributed by atoms with E-state index in [2.05, 4.69) is 24.1 Å². The number of piperazine rings is 1. The van der Waals surface area contributed by atoms with Crippen LogP contribution in [0.25, 0.3) is 0 Å². The van der Waals surface area contributed by atoms with Crippen LogP contribution >= 0.6 is 0 Å². The van der Waals surface area contributed by atoms with E-state index in [1.54, 1.807) is 7.11 Å². The van der Waals surface area contributed by atoms with E-state index >= 15 is 0 Å². The average molecular weight is 240 g/mol. The van der Waals surface area contributed by atoms with Crippen molar-refractivity contribution in [3.8, 4) is 0 Å². The van der Waals surface area contributed by atoms with Crippen LogP contribution in [0.15, 0.2) is 0 Å². The van der Waals surface area contributed by atoms with E-state index in [0.717, 1.165) is 25.1 Å². The number of nitrogens with one attached hydrogen (secondary N) is 1. The second kappa shape index (κ2) is 5.68. The van der Waals surface area contributed by atoms with Crippen molar-refractivity contribution in [2.24, 2.45) is 5.92 Å². The maximum Gasteiger partial charge on any atom is 0.0589 e. The molecule has 1 N–H and O–H groups in total. The molecule has 2 rings (SSSR count). The molecule has 2 fully saturated rings. The van der Waals surface area contributed by atoms with Gasteiger partial charge in [-0.1, -0.05) is 13.8 Å². The third-order valence-corrected chi connectivity index (χ3v) is 4.76. The number of methoxy groups -OCH3 is 1. The summed E-state index contributed by atoms with van der Waals surface area (Å²) in [4.78, 5) is 2.69. The molecule has 2 aliphatic rings. The van der Waals surface area contributed by atoms with Crippen molar-refractivity contribution in [3.05, 3.63) is 0 Å². The Labute approximate surface area is 106 Å². The molecule has 3 nitrogen and oxygen atoms in total. The van der Waals surface area contributed by atoms with Crippen LogP contribution in [0.5, 0.6) is 0 Å².